The standard InChI is InChI=1S/C22H24FN3O3S/c1-2-16-14-25(15-18-8-3-4-12-24-18)22(27)21-11-6-10-20(16)26(21)30(28,29)19-9-5-7-17(23)13-19/h2-5,7-9,12-13,16,20-21H,1,6,10-11,14-15H2/t16-,20-,21?/m0/s1. The van der Waals surface area contributed by atoms with Crippen LogP contribution >= 0.6 is 0 Å². The number of nitrogens with zero attached hydrogens (tertiary/aromatic N) is 3. The van der Waals surface area contributed by atoms with Crippen molar-refractivity contribution in [3.63, 3.8) is 0 Å². The zero-order valence-electron chi connectivity index (χ0n) is 16.5. The molecule has 2 fully saturated rings. The van der Waals surface area contributed by atoms with E-state index in [0.29, 0.717) is 25.9 Å². The summed E-state index contributed by atoms with van der Waals surface area (Å²) >= 11 is 0. The lowest BCUT2D eigenvalue weighted by molar-refractivity contribution is -0.135. The smallest absolute Gasteiger partial charge is 0.244 e. The Hall–Kier alpha value is -2.58. The number of carbonyl (C=O) groups excluding carboxylic acids is 1. The fourth-order valence-electron chi connectivity index (χ4n) is 4.47. The van der Waals surface area contributed by atoms with Crippen LogP contribution in [0.25, 0.3) is 0 Å². The van der Waals surface area contributed by atoms with Crippen LogP contribution < -0.4 is 0 Å². The molecule has 8 heteroatoms. The van der Waals surface area contributed by atoms with Crippen molar-refractivity contribution < 1.29 is 17.6 Å². The molecule has 30 heavy (non-hydrogen) atoms. The number of halogens is 1. The zero-order valence-corrected chi connectivity index (χ0v) is 17.3. The Balaban J connectivity index is 1.75. The number of sulfonamides is 1. The highest BCUT2D eigenvalue weighted by atomic mass is 32.2. The highest BCUT2D eigenvalue weighted by molar-refractivity contribution is 7.89. The molecule has 1 aromatic carbocycles. The summed E-state index contributed by atoms with van der Waals surface area (Å²) in [5, 5.41) is 0. The Morgan fingerprint density at radius 2 is 2.03 bits per heavy atom. The SMILES string of the molecule is C=C[C@H]1CN(Cc2ccccn2)C(=O)C2CCC[C@@H]1N2S(=O)(=O)c1cccc(F)c1. The molecule has 3 heterocycles. The lowest BCUT2D eigenvalue weighted by atomic mass is 9.90. The van der Waals surface area contributed by atoms with Crippen LogP contribution in [0.3, 0.4) is 0 Å². The van der Waals surface area contributed by atoms with E-state index in [-0.39, 0.29) is 16.7 Å². The molecule has 0 saturated carbocycles. The largest absolute Gasteiger partial charge is 0.335 e. The normalized spacial score (nSPS) is 25.0. The van der Waals surface area contributed by atoms with Gasteiger partial charge in [-0.25, -0.2) is 12.8 Å². The van der Waals surface area contributed by atoms with Crippen LogP contribution in [0.5, 0.6) is 0 Å². The van der Waals surface area contributed by atoms with Gasteiger partial charge in [-0.3, -0.25) is 9.78 Å². The Morgan fingerprint density at radius 1 is 1.20 bits per heavy atom. The van der Waals surface area contributed by atoms with Gasteiger partial charge in [-0.15, -0.1) is 6.58 Å². The number of pyridine rings is 1. The van der Waals surface area contributed by atoms with Crippen molar-refractivity contribution in [2.45, 2.75) is 42.8 Å². The summed E-state index contributed by atoms with van der Waals surface area (Å²) < 4.78 is 42.1. The highest BCUT2D eigenvalue weighted by Crippen LogP contribution is 2.37. The Morgan fingerprint density at radius 3 is 2.73 bits per heavy atom. The van der Waals surface area contributed by atoms with Gasteiger partial charge in [-0.05, 0) is 49.6 Å². The first-order valence-electron chi connectivity index (χ1n) is 10.0. The number of fused-ring (bicyclic) bond motifs is 2. The minimum Gasteiger partial charge on any atom is -0.335 e. The second-order valence-electron chi connectivity index (χ2n) is 7.75. The summed E-state index contributed by atoms with van der Waals surface area (Å²) in [5.74, 6) is -1.10. The molecule has 0 aliphatic carbocycles. The van der Waals surface area contributed by atoms with Gasteiger partial charge in [0.05, 0.1) is 17.1 Å². The maximum Gasteiger partial charge on any atom is 0.244 e. The predicted molar refractivity (Wildman–Crippen MR) is 110 cm³/mol. The summed E-state index contributed by atoms with van der Waals surface area (Å²) in [6.45, 7) is 4.59. The molecule has 4 rings (SSSR count). The third-order valence-corrected chi connectivity index (χ3v) is 7.82. The molecule has 2 bridgehead atoms. The van der Waals surface area contributed by atoms with Crippen molar-refractivity contribution in [1.29, 1.82) is 0 Å². The molecule has 3 atom stereocenters. The van der Waals surface area contributed by atoms with E-state index in [1.54, 1.807) is 23.2 Å². The van der Waals surface area contributed by atoms with Crippen molar-refractivity contribution in [2.24, 2.45) is 5.92 Å². The van der Waals surface area contributed by atoms with E-state index in [4.69, 9.17) is 0 Å². The maximum atomic E-state index is 13.8. The molecule has 0 N–H and O–H groups in total. The molecule has 158 valence electrons. The van der Waals surface area contributed by atoms with E-state index in [1.165, 1.54) is 22.5 Å². The van der Waals surface area contributed by atoms with Gasteiger partial charge in [-0.2, -0.15) is 4.31 Å². The molecule has 1 aromatic heterocycles. The average molecular weight is 430 g/mol. The summed E-state index contributed by atoms with van der Waals surface area (Å²) in [6.07, 6.45) is 5.21. The molecule has 2 aliphatic heterocycles. The average Bonchev–Trinajstić information content (AvgIpc) is 2.82. The van der Waals surface area contributed by atoms with Crippen LogP contribution in [0, 0.1) is 11.7 Å². The van der Waals surface area contributed by atoms with E-state index in [2.05, 4.69) is 11.6 Å². The van der Waals surface area contributed by atoms with E-state index in [1.807, 2.05) is 12.1 Å². The molecule has 0 spiro atoms. The first-order valence-corrected chi connectivity index (χ1v) is 11.5. The molecule has 0 radical (unpaired) electrons. The van der Waals surface area contributed by atoms with E-state index in [0.717, 1.165) is 18.2 Å². The Labute approximate surface area is 176 Å². The quantitative estimate of drug-likeness (QED) is 0.685. The molecular weight excluding hydrogens is 405 g/mol. The number of hydrogen-bond acceptors (Lipinski definition) is 4. The van der Waals surface area contributed by atoms with Crippen molar-refractivity contribution in [1.82, 2.24) is 14.2 Å². The van der Waals surface area contributed by atoms with E-state index < -0.39 is 27.9 Å². The first kappa shape index (κ1) is 20.7. The number of benzene rings is 1. The van der Waals surface area contributed by atoms with Gasteiger partial charge in [0, 0.05) is 24.7 Å². The van der Waals surface area contributed by atoms with Gasteiger partial charge in [0.15, 0.2) is 0 Å². The third-order valence-electron chi connectivity index (χ3n) is 5.89. The van der Waals surface area contributed by atoms with Crippen LogP contribution in [0.1, 0.15) is 25.0 Å². The fraction of sp³-hybridized carbons (Fsp3) is 0.364. The summed E-state index contributed by atoms with van der Waals surface area (Å²) in [6, 6.07) is 9.25. The third kappa shape index (κ3) is 3.77. The summed E-state index contributed by atoms with van der Waals surface area (Å²) in [7, 11) is -4.06. The number of hydrogen-bond donors (Lipinski definition) is 0. The van der Waals surface area contributed by atoms with Gasteiger partial charge in [0.25, 0.3) is 0 Å². The number of aromatic nitrogens is 1. The van der Waals surface area contributed by atoms with Gasteiger partial charge < -0.3 is 4.90 Å². The topological polar surface area (TPSA) is 70.6 Å². The van der Waals surface area contributed by atoms with Crippen molar-refractivity contribution in [3.8, 4) is 0 Å². The molecule has 2 saturated heterocycles. The van der Waals surface area contributed by atoms with Gasteiger partial charge in [0.1, 0.15) is 11.9 Å². The lowest BCUT2D eigenvalue weighted by Gasteiger charge is -2.40. The first-order chi connectivity index (χ1) is 14.4. The highest BCUT2D eigenvalue weighted by Gasteiger charge is 2.49. The molecule has 2 aromatic rings. The van der Waals surface area contributed by atoms with Crippen LogP contribution in [0.15, 0.2) is 66.2 Å². The summed E-state index contributed by atoms with van der Waals surface area (Å²) in [4.78, 5) is 19.3. The molecule has 6 nitrogen and oxygen atoms in total. The van der Waals surface area contributed by atoms with Gasteiger partial charge in [-0.1, -0.05) is 18.2 Å². The summed E-state index contributed by atoms with van der Waals surface area (Å²) in [5.41, 5.74) is 0.740. The number of carbonyl (C=O) groups is 1. The zero-order chi connectivity index (χ0) is 21.3. The maximum absolute atomic E-state index is 13.8. The minimum atomic E-state index is -4.06. The van der Waals surface area contributed by atoms with Gasteiger partial charge in [0.2, 0.25) is 15.9 Å². The van der Waals surface area contributed by atoms with Crippen LogP contribution in [-0.2, 0) is 21.4 Å². The van der Waals surface area contributed by atoms with Crippen molar-refractivity contribution >= 4 is 15.9 Å². The lowest BCUT2D eigenvalue weighted by Crippen LogP contribution is -2.54. The van der Waals surface area contributed by atoms with E-state index >= 15 is 0 Å². The molecule has 2 aliphatic rings. The van der Waals surface area contributed by atoms with Crippen molar-refractivity contribution in [2.75, 3.05) is 6.54 Å². The van der Waals surface area contributed by atoms with Crippen LogP contribution in [0.4, 0.5) is 4.39 Å². The van der Waals surface area contributed by atoms with Crippen molar-refractivity contribution in [3.05, 3.63) is 72.8 Å². The van der Waals surface area contributed by atoms with Crippen LogP contribution in [-0.4, -0.2) is 47.1 Å². The van der Waals surface area contributed by atoms with Gasteiger partial charge >= 0.3 is 0 Å². The minimum absolute atomic E-state index is 0.131. The predicted octanol–water partition coefficient (Wildman–Crippen LogP) is 2.98. The number of amides is 1. The molecule has 1 unspecified atom stereocenters. The molecular formula is C22H24FN3O3S. The monoisotopic (exact) mass is 429 g/mol. The van der Waals surface area contributed by atoms with E-state index in [9.17, 15) is 17.6 Å². The number of rotatable bonds is 5. The van der Waals surface area contributed by atoms with Crippen LogP contribution in [0.2, 0.25) is 0 Å². The Kier molecular flexibility index (Phi) is 5.71. The molecule has 1 amide bonds. The fourth-order valence-corrected chi connectivity index (χ4v) is 6.38. The Bertz CT molecular complexity index is 1040. The second-order valence-corrected chi connectivity index (χ2v) is 9.59. The number of piperidine rings is 1. The second kappa shape index (κ2) is 8.28.